The van der Waals surface area contributed by atoms with Gasteiger partial charge in [0.1, 0.15) is 23.9 Å². The van der Waals surface area contributed by atoms with Crippen LogP contribution in [0, 0.1) is 34.0 Å². The molecule has 0 bridgehead atoms. The second-order valence-corrected chi connectivity index (χ2v) is 4.96. The van der Waals surface area contributed by atoms with Crippen molar-refractivity contribution in [3.8, 4) is 18.2 Å². The van der Waals surface area contributed by atoms with Crippen LogP contribution in [0.4, 0.5) is 5.69 Å². The minimum atomic E-state index is -0.299. The maximum absolute atomic E-state index is 12.1. The zero-order valence-corrected chi connectivity index (χ0v) is 13.2. The maximum Gasteiger partial charge on any atom is 0.251 e. The lowest BCUT2D eigenvalue weighted by atomic mass is 10.1. The predicted octanol–water partition coefficient (Wildman–Crippen LogP) is 2.85. The van der Waals surface area contributed by atoms with Crippen molar-refractivity contribution in [2.45, 2.75) is 6.54 Å². The Labute approximate surface area is 145 Å². The Hall–Kier alpha value is -4.08. The number of nitrogens with zero attached hydrogens (tertiary/aromatic N) is 3. The molecule has 2 aromatic carbocycles. The van der Waals surface area contributed by atoms with Crippen LogP contribution in [0.2, 0.25) is 0 Å². The Bertz CT molecular complexity index is 894. The van der Waals surface area contributed by atoms with Crippen LogP contribution in [0.1, 0.15) is 15.9 Å². The van der Waals surface area contributed by atoms with Crippen molar-refractivity contribution in [2.75, 3.05) is 5.32 Å². The summed E-state index contributed by atoms with van der Waals surface area (Å²) in [6.45, 7) is 0.425. The van der Waals surface area contributed by atoms with E-state index in [9.17, 15) is 4.79 Å². The first-order valence-electron chi connectivity index (χ1n) is 7.31. The first-order chi connectivity index (χ1) is 12.2. The van der Waals surface area contributed by atoms with Crippen LogP contribution >= 0.6 is 0 Å². The van der Waals surface area contributed by atoms with Crippen molar-refractivity contribution in [1.29, 1.82) is 15.8 Å². The Morgan fingerprint density at radius 1 is 0.880 bits per heavy atom. The zero-order valence-electron chi connectivity index (χ0n) is 13.2. The first-order valence-corrected chi connectivity index (χ1v) is 7.31. The Balaban J connectivity index is 2.04. The summed E-state index contributed by atoms with van der Waals surface area (Å²) in [6, 6.07) is 21.0. The minimum absolute atomic E-state index is 0.133. The number of rotatable bonds is 5. The fourth-order valence-electron chi connectivity index (χ4n) is 2.01. The lowest BCUT2D eigenvalue weighted by molar-refractivity contribution is 0.0951. The lowest BCUT2D eigenvalue weighted by Crippen LogP contribution is -2.22. The van der Waals surface area contributed by atoms with Crippen LogP contribution in [-0.4, -0.2) is 5.91 Å². The Morgan fingerprint density at radius 2 is 1.52 bits per heavy atom. The van der Waals surface area contributed by atoms with E-state index in [1.165, 1.54) is 0 Å². The molecule has 2 N–H and O–H groups in total. The van der Waals surface area contributed by atoms with E-state index in [0.717, 1.165) is 5.56 Å². The van der Waals surface area contributed by atoms with Gasteiger partial charge in [0.15, 0.2) is 5.57 Å². The highest BCUT2D eigenvalue weighted by Crippen LogP contribution is 2.14. The molecule has 0 aromatic heterocycles. The summed E-state index contributed by atoms with van der Waals surface area (Å²) < 4.78 is 0. The molecule has 0 heterocycles. The molecule has 0 saturated carbocycles. The van der Waals surface area contributed by atoms with E-state index in [1.807, 2.05) is 30.3 Å². The SMILES string of the molecule is N#CC(C#N)=C(C#N)Nc1ccc(C(=O)NCc2ccccc2)cc1. The number of hydrogen-bond acceptors (Lipinski definition) is 5. The molecule has 0 radical (unpaired) electrons. The van der Waals surface area contributed by atoms with Crippen LogP contribution in [0.25, 0.3) is 0 Å². The molecule has 0 unspecified atom stereocenters. The van der Waals surface area contributed by atoms with E-state index in [0.29, 0.717) is 17.8 Å². The number of amides is 1. The molecular weight excluding hydrogens is 314 g/mol. The van der Waals surface area contributed by atoms with Gasteiger partial charge in [-0.2, -0.15) is 15.8 Å². The predicted molar refractivity (Wildman–Crippen MR) is 91.5 cm³/mol. The highest BCUT2D eigenvalue weighted by molar-refractivity contribution is 5.94. The van der Waals surface area contributed by atoms with Crippen molar-refractivity contribution in [3.63, 3.8) is 0 Å². The van der Waals surface area contributed by atoms with E-state index in [4.69, 9.17) is 15.8 Å². The molecule has 2 aromatic rings. The van der Waals surface area contributed by atoms with Crippen LogP contribution in [0.15, 0.2) is 65.9 Å². The number of hydrogen-bond donors (Lipinski definition) is 2. The van der Waals surface area contributed by atoms with Gasteiger partial charge in [-0.3, -0.25) is 4.79 Å². The maximum atomic E-state index is 12.1. The molecular formula is C19H13N5O. The standard InChI is InChI=1S/C19H13N5O/c20-10-16(11-21)18(12-22)24-17-8-6-15(7-9-17)19(25)23-13-14-4-2-1-3-5-14/h1-9,24H,13H2,(H,23,25). The summed E-state index contributed by atoms with van der Waals surface area (Å²) in [6.07, 6.45) is 0. The molecule has 0 aliphatic rings. The molecule has 0 atom stereocenters. The van der Waals surface area contributed by atoms with E-state index in [1.54, 1.807) is 42.5 Å². The number of allylic oxidation sites excluding steroid dienone is 2. The van der Waals surface area contributed by atoms with Gasteiger partial charge in [0.05, 0.1) is 0 Å². The van der Waals surface area contributed by atoms with E-state index in [-0.39, 0.29) is 17.2 Å². The lowest BCUT2D eigenvalue weighted by Gasteiger charge is -2.07. The third kappa shape index (κ3) is 4.69. The Kier molecular flexibility index (Phi) is 5.89. The monoisotopic (exact) mass is 327 g/mol. The van der Waals surface area contributed by atoms with Gasteiger partial charge in [0.25, 0.3) is 5.91 Å². The van der Waals surface area contributed by atoms with Crippen LogP contribution in [0.3, 0.4) is 0 Å². The molecule has 25 heavy (non-hydrogen) atoms. The molecule has 2 rings (SSSR count). The van der Waals surface area contributed by atoms with Crippen molar-refractivity contribution >= 4 is 11.6 Å². The van der Waals surface area contributed by atoms with Gasteiger partial charge in [0, 0.05) is 17.8 Å². The van der Waals surface area contributed by atoms with Gasteiger partial charge in [-0.15, -0.1) is 0 Å². The molecule has 0 saturated heterocycles. The number of nitriles is 3. The smallest absolute Gasteiger partial charge is 0.251 e. The van der Waals surface area contributed by atoms with E-state index >= 15 is 0 Å². The zero-order chi connectivity index (χ0) is 18.1. The number of carbonyl (C=O) groups is 1. The van der Waals surface area contributed by atoms with Gasteiger partial charge >= 0.3 is 0 Å². The molecule has 0 fully saturated rings. The number of benzene rings is 2. The van der Waals surface area contributed by atoms with Gasteiger partial charge in [0.2, 0.25) is 0 Å². The van der Waals surface area contributed by atoms with Gasteiger partial charge in [-0.1, -0.05) is 30.3 Å². The summed E-state index contributed by atoms with van der Waals surface area (Å²) in [7, 11) is 0. The fraction of sp³-hybridized carbons (Fsp3) is 0.0526. The van der Waals surface area contributed by atoms with Crippen molar-refractivity contribution in [1.82, 2.24) is 5.32 Å². The van der Waals surface area contributed by atoms with Crippen LogP contribution in [0.5, 0.6) is 0 Å². The molecule has 6 heteroatoms. The largest absolute Gasteiger partial charge is 0.348 e. The average Bonchev–Trinajstić information content (AvgIpc) is 2.67. The number of carbonyl (C=O) groups excluding carboxylic acids is 1. The summed E-state index contributed by atoms with van der Waals surface area (Å²) in [5.74, 6) is -0.221. The average molecular weight is 327 g/mol. The van der Waals surface area contributed by atoms with Gasteiger partial charge in [-0.25, -0.2) is 0 Å². The normalized spacial score (nSPS) is 9.00. The first kappa shape index (κ1) is 17.3. The minimum Gasteiger partial charge on any atom is -0.348 e. The quantitative estimate of drug-likeness (QED) is 0.820. The fourth-order valence-corrected chi connectivity index (χ4v) is 2.01. The molecule has 120 valence electrons. The van der Waals surface area contributed by atoms with E-state index in [2.05, 4.69) is 10.6 Å². The highest BCUT2D eigenvalue weighted by Gasteiger charge is 2.08. The highest BCUT2D eigenvalue weighted by atomic mass is 16.1. The van der Waals surface area contributed by atoms with Crippen molar-refractivity contribution in [3.05, 3.63) is 77.0 Å². The van der Waals surface area contributed by atoms with Crippen molar-refractivity contribution in [2.24, 2.45) is 0 Å². The molecule has 0 aliphatic carbocycles. The number of anilines is 1. The second-order valence-electron chi connectivity index (χ2n) is 4.96. The summed E-state index contributed by atoms with van der Waals surface area (Å²) in [5, 5.41) is 32.1. The Morgan fingerprint density at radius 3 is 2.08 bits per heavy atom. The van der Waals surface area contributed by atoms with Crippen LogP contribution in [-0.2, 0) is 6.54 Å². The topological polar surface area (TPSA) is 112 Å². The summed E-state index contributed by atoms with van der Waals surface area (Å²) in [5.41, 5.74) is 1.53. The third-order valence-electron chi connectivity index (χ3n) is 3.30. The van der Waals surface area contributed by atoms with E-state index < -0.39 is 0 Å². The number of nitrogens with one attached hydrogen (secondary N) is 2. The molecule has 1 amide bonds. The third-order valence-corrected chi connectivity index (χ3v) is 3.30. The van der Waals surface area contributed by atoms with Crippen LogP contribution < -0.4 is 10.6 Å². The second kappa shape index (κ2) is 8.53. The van der Waals surface area contributed by atoms with Gasteiger partial charge in [-0.05, 0) is 29.8 Å². The summed E-state index contributed by atoms with van der Waals surface area (Å²) in [4.78, 5) is 12.1. The molecule has 0 spiro atoms. The summed E-state index contributed by atoms with van der Waals surface area (Å²) >= 11 is 0. The molecule has 6 nitrogen and oxygen atoms in total. The van der Waals surface area contributed by atoms with Crippen molar-refractivity contribution < 1.29 is 4.79 Å². The molecule has 0 aliphatic heterocycles. The van der Waals surface area contributed by atoms with Gasteiger partial charge < -0.3 is 10.6 Å².